The van der Waals surface area contributed by atoms with Gasteiger partial charge in [0.2, 0.25) is 5.91 Å². The second-order valence-electron chi connectivity index (χ2n) is 6.65. The Morgan fingerprint density at radius 2 is 1.96 bits per heavy atom. The molecule has 0 radical (unpaired) electrons. The summed E-state index contributed by atoms with van der Waals surface area (Å²) in [6, 6.07) is 6.51. The zero-order valence-electron chi connectivity index (χ0n) is 13.8. The van der Waals surface area contributed by atoms with Crippen LogP contribution in [0.15, 0.2) is 24.3 Å². The highest BCUT2D eigenvalue weighted by Crippen LogP contribution is 2.24. The minimum atomic E-state index is -0.585. The van der Waals surface area contributed by atoms with Gasteiger partial charge in [0.1, 0.15) is 11.6 Å². The summed E-state index contributed by atoms with van der Waals surface area (Å²) in [4.78, 5) is 26.4. The number of benzene rings is 1. The van der Waals surface area contributed by atoms with Crippen molar-refractivity contribution in [2.75, 3.05) is 11.9 Å². The SMILES string of the molecule is CC(C)(C)OC(=O)N1CCCC[C@H]1C(=O)Nc1ccccc1Cl. The second kappa shape index (κ2) is 7.21. The number of carbonyl (C=O) groups is 2. The van der Waals surface area contributed by atoms with E-state index in [2.05, 4.69) is 5.32 Å². The first kappa shape index (κ1) is 17.6. The molecule has 1 N–H and O–H groups in total. The van der Waals surface area contributed by atoms with Crippen LogP contribution < -0.4 is 5.32 Å². The Hall–Kier alpha value is -1.75. The van der Waals surface area contributed by atoms with Crippen molar-refractivity contribution in [2.45, 2.75) is 51.7 Å². The van der Waals surface area contributed by atoms with Crippen LogP contribution in [0.3, 0.4) is 0 Å². The molecule has 1 fully saturated rings. The van der Waals surface area contributed by atoms with Gasteiger partial charge < -0.3 is 10.1 Å². The van der Waals surface area contributed by atoms with Gasteiger partial charge in [-0.25, -0.2) is 4.79 Å². The molecule has 0 aromatic heterocycles. The normalized spacial score (nSPS) is 18.4. The minimum Gasteiger partial charge on any atom is -0.444 e. The lowest BCUT2D eigenvalue weighted by molar-refractivity contribution is -0.122. The molecule has 0 bridgehead atoms. The summed E-state index contributed by atoms with van der Waals surface area (Å²) in [5, 5.41) is 3.28. The van der Waals surface area contributed by atoms with Crippen molar-refractivity contribution in [3.8, 4) is 0 Å². The molecule has 6 heteroatoms. The molecule has 1 atom stereocenters. The van der Waals surface area contributed by atoms with E-state index < -0.39 is 17.7 Å². The average molecular weight is 339 g/mol. The van der Waals surface area contributed by atoms with Gasteiger partial charge in [-0.15, -0.1) is 0 Å². The molecule has 1 aliphatic heterocycles. The van der Waals surface area contributed by atoms with Crippen LogP contribution in [0, 0.1) is 0 Å². The Kier molecular flexibility index (Phi) is 5.52. The molecule has 2 amide bonds. The third kappa shape index (κ3) is 4.86. The fourth-order valence-corrected chi connectivity index (χ4v) is 2.70. The van der Waals surface area contributed by atoms with Crippen molar-refractivity contribution in [3.63, 3.8) is 0 Å². The molecule has 1 heterocycles. The van der Waals surface area contributed by atoms with Crippen molar-refractivity contribution < 1.29 is 14.3 Å². The Bertz CT molecular complexity index is 583. The number of nitrogens with one attached hydrogen (secondary N) is 1. The number of hydrogen-bond donors (Lipinski definition) is 1. The van der Waals surface area contributed by atoms with Crippen LogP contribution in [0.4, 0.5) is 10.5 Å². The minimum absolute atomic E-state index is 0.233. The van der Waals surface area contributed by atoms with Crippen molar-refractivity contribution in [3.05, 3.63) is 29.3 Å². The summed E-state index contributed by atoms with van der Waals surface area (Å²) >= 11 is 6.07. The largest absolute Gasteiger partial charge is 0.444 e. The van der Waals surface area contributed by atoms with Gasteiger partial charge in [0, 0.05) is 6.54 Å². The topological polar surface area (TPSA) is 58.6 Å². The van der Waals surface area contributed by atoms with E-state index in [0.717, 1.165) is 12.8 Å². The highest BCUT2D eigenvalue weighted by molar-refractivity contribution is 6.33. The Labute approximate surface area is 141 Å². The summed E-state index contributed by atoms with van der Waals surface area (Å²) in [6.07, 6.45) is 1.95. The molecule has 1 aromatic rings. The van der Waals surface area contributed by atoms with Crippen molar-refractivity contribution in [1.29, 1.82) is 0 Å². The summed E-state index contributed by atoms with van der Waals surface area (Å²) in [7, 11) is 0. The highest BCUT2D eigenvalue weighted by Gasteiger charge is 2.34. The van der Waals surface area contributed by atoms with Gasteiger partial charge in [-0.2, -0.15) is 0 Å². The van der Waals surface area contributed by atoms with E-state index in [0.29, 0.717) is 23.7 Å². The predicted octanol–water partition coefficient (Wildman–Crippen LogP) is 4.07. The number of nitrogens with zero attached hydrogens (tertiary/aromatic N) is 1. The molecule has 2 rings (SSSR count). The van der Waals surface area contributed by atoms with E-state index in [-0.39, 0.29) is 5.91 Å². The molecule has 0 spiro atoms. The third-order valence-electron chi connectivity index (χ3n) is 3.57. The number of likely N-dealkylation sites (tertiary alicyclic amines) is 1. The van der Waals surface area contributed by atoms with Crippen LogP contribution in [-0.2, 0) is 9.53 Å². The number of para-hydroxylation sites is 1. The molecule has 1 aliphatic rings. The van der Waals surface area contributed by atoms with E-state index >= 15 is 0 Å². The van der Waals surface area contributed by atoms with Gasteiger partial charge in [-0.1, -0.05) is 23.7 Å². The van der Waals surface area contributed by atoms with Crippen LogP contribution in [-0.4, -0.2) is 35.1 Å². The van der Waals surface area contributed by atoms with Crippen LogP contribution in [0.5, 0.6) is 0 Å². The smallest absolute Gasteiger partial charge is 0.410 e. The number of amides is 2. The van der Waals surface area contributed by atoms with Crippen LogP contribution in [0.1, 0.15) is 40.0 Å². The summed E-state index contributed by atoms with van der Waals surface area (Å²) in [5.74, 6) is -0.233. The van der Waals surface area contributed by atoms with Gasteiger partial charge in [-0.05, 0) is 52.2 Å². The number of piperidine rings is 1. The standard InChI is InChI=1S/C17H23ClN2O3/c1-17(2,3)23-16(22)20-11-7-6-10-14(20)15(21)19-13-9-5-4-8-12(13)18/h4-5,8-9,14H,6-7,10-11H2,1-3H3,(H,19,21)/t14-/m0/s1. The van der Waals surface area contributed by atoms with Gasteiger partial charge in [0.15, 0.2) is 0 Å². The molecule has 23 heavy (non-hydrogen) atoms. The van der Waals surface area contributed by atoms with Crippen LogP contribution >= 0.6 is 11.6 Å². The summed E-state index contributed by atoms with van der Waals surface area (Å²) in [5.41, 5.74) is -0.0351. The third-order valence-corrected chi connectivity index (χ3v) is 3.89. The lowest BCUT2D eigenvalue weighted by Gasteiger charge is -2.35. The maximum absolute atomic E-state index is 12.6. The zero-order chi connectivity index (χ0) is 17.0. The van der Waals surface area contributed by atoms with E-state index in [1.54, 1.807) is 24.3 Å². The van der Waals surface area contributed by atoms with Gasteiger partial charge >= 0.3 is 6.09 Å². The fourth-order valence-electron chi connectivity index (χ4n) is 2.52. The number of halogens is 1. The second-order valence-corrected chi connectivity index (χ2v) is 7.06. The van der Waals surface area contributed by atoms with Gasteiger partial charge in [0.05, 0.1) is 10.7 Å². The number of ether oxygens (including phenoxy) is 1. The number of hydrogen-bond acceptors (Lipinski definition) is 3. The maximum Gasteiger partial charge on any atom is 0.410 e. The van der Waals surface area contributed by atoms with E-state index in [4.69, 9.17) is 16.3 Å². The van der Waals surface area contributed by atoms with Gasteiger partial charge in [-0.3, -0.25) is 9.69 Å². The zero-order valence-corrected chi connectivity index (χ0v) is 14.5. The van der Waals surface area contributed by atoms with E-state index in [9.17, 15) is 9.59 Å². The van der Waals surface area contributed by atoms with E-state index in [1.165, 1.54) is 4.90 Å². The van der Waals surface area contributed by atoms with Crippen LogP contribution in [0.25, 0.3) is 0 Å². The summed E-state index contributed by atoms with van der Waals surface area (Å²) < 4.78 is 5.41. The highest BCUT2D eigenvalue weighted by atomic mass is 35.5. The predicted molar refractivity (Wildman–Crippen MR) is 90.7 cm³/mol. The van der Waals surface area contributed by atoms with Crippen molar-refractivity contribution in [2.24, 2.45) is 0 Å². The lowest BCUT2D eigenvalue weighted by atomic mass is 10.0. The Morgan fingerprint density at radius 1 is 1.26 bits per heavy atom. The van der Waals surface area contributed by atoms with Crippen molar-refractivity contribution in [1.82, 2.24) is 4.90 Å². The average Bonchev–Trinajstić information content (AvgIpc) is 2.48. The quantitative estimate of drug-likeness (QED) is 0.884. The summed E-state index contributed by atoms with van der Waals surface area (Å²) in [6.45, 7) is 5.96. The van der Waals surface area contributed by atoms with E-state index in [1.807, 2.05) is 20.8 Å². The number of anilines is 1. The maximum atomic E-state index is 12.6. The first-order valence-corrected chi connectivity index (χ1v) is 8.21. The van der Waals surface area contributed by atoms with Crippen LogP contribution in [0.2, 0.25) is 5.02 Å². The molecule has 1 saturated heterocycles. The first-order valence-electron chi connectivity index (χ1n) is 7.83. The van der Waals surface area contributed by atoms with Crippen molar-refractivity contribution >= 4 is 29.3 Å². The Balaban J connectivity index is 2.10. The lowest BCUT2D eigenvalue weighted by Crippen LogP contribution is -2.51. The molecular formula is C17H23ClN2O3. The van der Waals surface area contributed by atoms with Gasteiger partial charge in [0.25, 0.3) is 0 Å². The molecule has 5 nitrogen and oxygen atoms in total. The molecule has 126 valence electrons. The molecule has 0 aliphatic carbocycles. The fraction of sp³-hybridized carbons (Fsp3) is 0.529. The molecule has 0 unspecified atom stereocenters. The molecule has 1 aromatic carbocycles. The first-order chi connectivity index (χ1) is 10.8. The number of carbonyl (C=O) groups excluding carboxylic acids is 2. The molecule has 0 saturated carbocycles. The number of rotatable bonds is 2. The monoisotopic (exact) mass is 338 g/mol. The Morgan fingerprint density at radius 3 is 2.61 bits per heavy atom. The molecular weight excluding hydrogens is 316 g/mol.